The third-order valence-electron chi connectivity index (χ3n) is 2.16. The number of rotatable bonds is 4. The van der Waals surface area contributed by atoms with Gasteiger partial charge in [0.2, 0.25) is 5.91 Å². The number of hydrogen-bond donors (Lipinski definition) is 2. The Labute approximate surface area is 113 Å². The normalized spacial score (nSPS) is 10.5. The number of carbonyl (C=O) groups excluding carboxylic acids is 2. The van der Waals surface area contributed by atoms with Crippen molar-refractivity contribution in [2.75, 3.05) is 11.9 Å². The van der Waals surface area contributed by atoms with Crippen molar-refractivity contribution in [1.82, 2.24) is 5.32 Å². The first kappa shape index (κ1) is 15.6. The lowest BCUT2D eigenvalue weighted by atomic mass is 10.1. The first-order chi connectivity index (χ1) is 9.33. The van der Waals surface area contributed by atoms with Gasteiger partial charge in [-0.25, -0.2) is 0 Å². The molecule has 0 spiro atoms. The van der Waals surface area contributed by atoms with Gasteiger partial charge in [-0.2, -0.15) is 13.2 Å². The highest BCUT2D eigenvalue weighted by molar-refractivity contribution is 6.03. The van der Waals surface area contributed by atoms with E-state index < -0.39 is 24.4 Å². The molecule has 1 rings (SSSR count). The van der Waals surface area contributed by atoms with Crippen LogP contribution in [0.1, 0.15) is 16.8 Å². The van der Waals surface area contributed by atoms with Gasteiger partial charge >= 0.3 is 6.18 Å². The highest BCUT2D eigenvalue weighted by Crippen LogP contribution is 2.21. The van der Waals surface area contributed by atoms with Crippen LogP contribution in [0.2, 0.25) is 0 Å². The Morgan fingerprint density at radius 2 is 1.90 bits per heavy atom. The molecule has 0 unspecified atom stereocenters. The minimum absolute atomic E-state index is 0.00345. The average Bonchev–Trinajstić information content (AvgIpc) is 2.34. The van der Waals surface area contributed by atoms with Crippen LogP contribution in [0.3, 0.4) is 0 Å². The lowest BCUT2D eigenvalue weighted by Crippen LogP contribution is -2.26. The molecule has 0 aliphatic rings. The third-order valence-corrected chi connectivity index (χ3v) is 2.16. The van der Waals surface area contributed by atoms with Gasteiger partial charge in [-0.3, -0.25) is 9.59 Å². The van der Waals surface area contributed by atoms with Gasteiger partial charge in [0.25, 0.3) is 5.91 Å². The number of benzene rings is 1. The predicted molar refractivity (Wildman–Crippen MR) is 66.9 cm³/mol. The maximum absolute atomic E-state index is 12.1. The van der Waals surface area contributed by atoms with E-state index >= 15 is 0 Å². The van der Waals surface area contributed by atoms with Gasteiger partial charge in [0.1, 0.15) is 6.42 Å². The van der Waals surface area contributed by atoms with Crippen LogP contribution >= 0.6 is 0 Å². The van der Waals surface area contributed by atoms with E-state index in [1.54, 1.807) is 0 Å². The fraction of sp³-hybridized carbons (Fsp3) is 0.231. The monoisotopic (exact) mass is 284 g/mol. The number of carbonyl (C=O) groups is 2. The number of halogens is 3. The molecule has 20 heavy (non-hydrogen) atoms. The average molecular weight is 284 g/mol. The van der Waals surface area contributed by atoms with Crippen molar-refractivity contribution < 1.29 is 22.8 Å². The molecule has 2 amide bonds. The maximum Gasteiger partial charge on any atom is 0.397 e. The number of amides is 2. The molecule has 1 aromatic rings. The lowest BCUT2D eigenvalue weighted by molar-refractivity contribution is -0.150. The number of para-hydroxylation sites is 1. The zero-order valence-corrected chi connectivity index (χ0v) is 10.3. The summed E-state index contributed by atoms with van der Waals surface area (Å²) in [5.41, 5.74) is 0.0366. The van der Waals surface area contributed by atoms with Gasteiger partial charge in [-0.05, 0) is 12.1 Å². The van der Waals surface area contributed by atoms with Gasteiger partial charge in [0.05, 0.1) is 17.8 Å². The van der Waals surface area contributed by atoms with E-state index in [-0.39, 0.29) is 17.8 Å². The largest absolute Gasteiger partial charge is 0.397 e. The molecule has 0 aliphatic carbocycles. The van der Waals surface area contributed by atoms with Crippen LogP contribution in [0.4, 0.5) is 18.9 Å². The Bertz CT molecular complexity index is 547. The van der Waals surface area contributed by atoms with Crippen molar-refractivity contribution in [1.29, 1.82) is 0 Å². The van der Waals surface area contributed by atoms with Gasteiger partial charge in [0, 0.05) is 0 Å². The minimum atomic E-state index is -4.61. The molecular formula is C13H11F3N2O2. The summed E-state index contributed by atoms with van der Waals surface area (Å²) in [6.07, 6.45) is -1.24. The molecule has 0 atom stereocenters. The van der Waals surface area contributed by atoms with Crippen LogP contribution < -0.4 is 10.6 Å². The van der Waals surface area contributed by atoms with Crippen LogP contribution in [0.15, 0.2) is 24.3 Å². The molecule has 0 fully saturated rings. The fourth-order valence-corrected chi connectivity index (χ4v) is 1.39. The van der Waals surface area contributed by atoms with E-state index in [1.807, 2.05) is 0 Å². The summed E-state index contributed by atoms with van der Waals surface area (Å²) >= 11 is 0. The molecule has 7 heteroatoms. The van der Waals surface area contributed by atoms with Crippen LogP contribution in [0, 0.1) is 12.3 Å². The Balaban J connectivity index is 2.83. The van der Waals surface area contributed by atoms with Gasteiger partial charge in [0.15, 0.2) is 0 Å². The highest BCUT2D eigenvalue weighted by Gasteiger charge is 2.31. The predicted octanol–water partition coefficient (Wildman–Crippen LogP) is 1.94. The first-order valence-electron chi connectivity index (χ1n) is 5.51. The zero-order valence-electron chi connectivity index (χ0n) is 10.3. The number of nitrogens with one attached hydrogen (secondary N) is 2. The minimum Gasteiger partial charge on any atom is -0.341 e. The zero-order chi connectivity index (χ0) is 15.2. The van der Waals surface area contributed by atoms with Crippen LogP contribution in [-0.4, -0.2) is 24.5 Å². The van der Waals surface area contributed by atoms with E-state index in [2.05, 4.69) is 16.6 Å². The van der Waals surface area contributed by atoms with Crippen LogP contribution in [-0.2, 0) is 4.79 Å². The Morgan fingerprint density at radius 1 is 1.25 bits per heavy atom. The van der Waals surface area contributed by atoms with E-state index in [9.17, 15) is 22.8 Å². The Hall–Kier alpha value is -2.49. The van der Waals surface area contributed by atoms with E-state index in [0.29, 0.717) is 0 Å². The first-order valence-corrected chi connectivity index (χ1v) is 5.51. The lowest BCUT2D eigenvalue weighted by Gasteiger charge is -2.11. The van der Waals surface area contributed by atoms with Crippen molar-refractivity contribution in [3.63, 3.8) is 0 Å². The van der Waals surface area contributed by atoms with E-state index in [4.69, 9.17) is 6.42 Å². The van der Waals surface area contributed by atoms with Crippen molar-refractivity contribution in [2.45, 2.75) is 12.6 Å². The molecule has 0 bridgehead atoms. The van der Waals surface area contributed by atoms with E-state index in [1.165, 1.54) is 24.3 Å². The second-order valence-electron chi connectivity index (χ2n) is 3.77. The second kappa shape index (κ2) is 6.61. The molecule has 0 aliphatic heterocycles. The summed E-state index contributed by atoms with van der Waals surface area (Å²) in [5.74, 6) is 0.373. The van der Waals surface area contributed by atoms with Crippen molar-refractivity contribution >= 4 is 17.5 Å². The second-order valence-corrected chi connectivity index (χ2v) is 3.77. The topological polar surface area (TPSA) is 58.2 Å². The van der Waals surface area contributed by atoms with Gasteiger partial charge in [-0.15, -0.1) is 6.42 Å². The van der Waals surface area contributed by atoms with E-state index in [0.717, 1.165) is 0 Å². The molecule has 1 aromatic carbocycles. The van der Waals surface area contributed by atoms with Gasteiger partial charge < -0.3 is 10.6 Å². The molecule has 0 radical (unpaired) electrons. The fourth-order valence-electron chi connectivity index (χ4n) is 1.39. The summed E-state index contributed by atoms with van der Waals surface area (Å²) in [6, 6.07) is 5.71. The summed E-state index contributed by atoms with van der Waals surface area (Å²) in [7, 11) is 0. The quantitative estimate of drug-likeness (QED) is 0.830. The Morgan fingerprint density at radius 3 is 2.50 bits per heavy atom. The molecule has 2 N–H and O–H groups in total. The highest BCUT2D eigenvalue weighted by atomic mass is 19.4. The van der Waals surface area contributed by atoms with Crippen LogP contribution in [0.5, 0.6) is 0 Å². The molecule has 4 nitrogen and oxygen atoms in total. The summed E-state index contributed by atoms with van der Waals surface area (Å²) in [6.45, 7) is -0.0241. The van der Waals surface area contributed by atoms with Gasteiger partial charge in [-0.1, -0.05) is 18.1 Å². The summed E-state index contributed by atoms with van der Waals surface area (Å²) in [4.78, 5) is 22.9. The number of terminal acetylenes is 1. The molecule has 0 heterocycles. The number of hydrogen-bond acceptors (Lipinski definition) is 2. The Kier molecular flexibility index (Phi) is 5.15. The maximum atomic E-state index is 12.1. The smallest absolute Gasteiger partial charge is 0.341 e. The standard InChI is InChI=1S/C13H11F3N2O2/c1-2-7-17-12(20)9-5-3-4-6-10(9)18-11(19)8-13(14,15)16/h1,3-6H,7-8H2,(H,17,20)(H,18,19). The van der Waals surface area contributed by atoms with Crippen molar-refractivity contribution in [3.8, 4) is 12.3 Å². The van der Waals surface area contributed by atoms with Crippen molar-refractivity contribution in [2.24, 2.45) is 0 Å². The third kappa shape index (κ3) is 5.02. The molecule has 106 valence electrons. The molecule has 0 aromatic heterocycles. The summed E-state index contributed by atoms with van der Waals surface area (Å²) < 4.78 is 36.2. The summed E-state index contributed by atoms with van der Waals surface area (Å²) in [5, 5.41) is 4.41. The molecule has 0 saturated carbocycles. The molecule has 0 saturated heterocycles. The number of anilines is 1. The molecular weight excluding hydrogens is 273 g/mol. The number of alkyl halides is 3. The van der Waals surface area contributed by atoms with Crippen LogP contribution in [0.25, 0.3) is 0 Å². The van der Waals surface area contributed by atoms with Crippen molar-refractivity contribution in [3.05, 3.63) is 29.8 Å². The SMILES string of the molecule is C#CCNC(=O)c1ccccc1NC(=O)CC(F)(F)F.